The number of H-pyrrole nitrogens is 1. The highest BCUT2D eigenvalue weighted by atomic mass is 32.2. The quantitative estimate of drug-likeness (QED) is 0.847. The third-order valence-electron chi connectivity index (χ3n) is 3.12. The van der Waals surface area contributed by atoms with Gasteiger partial charge in [0.15, 0.2) is 0 Å². The van der Waals surface area contributed by atoms with Gasteiger partial charge in [-0.3, -0.25) is 4.57 Å². The molecule has 0 aliphatic carbocycles. The summed E-state index contributed by atoms with van der Waals surface area (Å²) < 4.78 is 14.8. The molecule has 0 saturated carbocycles. The molecule has 1 atom stereocenters. The second-order valence-corrected chi connectivity index (χ2v) is 5.57. The lowest BCUT2D eigenvalue weighted by molar-refractivity contribution is 0.568. The average molecular weight is 252 g/mol. The summed E-state index contributed by atoms with van der Waals surface area (Å²) in [6.07, 6.45) is 3.37. The van der Waals surface area contributed by atoms with Crippen LogP contribution in [0.25, 0.3) is 11.0 Å². The van der Waals surface area contributed by atoms with Crippen LogP contribution in [0.1, 0.15) is 24.6 Å². The lowest BCUT2D eigenvalue weighted by atomic mass is 10.2. The number of aromatic nitrogens is 2. The van der Waals surface area contributed by atoms with E-state index < -0.39 is 0 Å². The Bertz CT molecular complexity index is 598. The van der Waals surface area contributed by atoms with Gasteiger partial charge in [-0.1, -0.05) is 0 Å². The number of hydrogen-bond donors (Lipinski definition) is 1. The van der Waals surface area contributed by atoms with Crippen LogP contribution >= 0.6 is 11.8 Å². The van der Waals surface area contributed by atoms with Crippen LogP contribution in [0.15, 0.2) is 23.0 Å². The van der Waals surface area contributed by atoms with Gasteiger partial charge in [0, 0.05) is 0 Å². The minimum Gasteiger partial charge on any atom is -0.305 e. The third kappa shape index (κ3) is 1.88. The number of halogens is 1. The second-order valence-electron chi connectivity index (χ2n) is 4.28. The maximum atomic E-state index is 13.1. The molecule has 1 N–H and O–H groups in total. The number of imidazole rings is 1. The number of thioether (sulfide) groups is 1. The maximum absolute atomic E-state index is 13.1. The van der Waals surface area contributed by atoms with Crippen LogP contribution in [0.5, 0.6) is 0 Å². The number of nitrogens with zero attached hydrogens (tertiary/aromatic N) is 1. The summed E-state index contributed by atoms with van der Waals surface area (Å²) in [4.78, 5) is 14.6. The minimum atomic E-state index is -0.317. The van der Waals surface area contributed by atoms with Crippen LogP contribution in [0, 0.1) is 5.82 Å². The van der Waals surface area contributed by atoms with Crippen molar-refractivity contribution in [2.75, 3.05) is 5.75 Å². The van der Waals surface area contributed by atoms with Gasteiger partial charge in [0.05, 0.1) is 16.4 Å². The van der Waals surface area contributed by atoms with E-state index in [0.29, 0.717) is 5.52 Å². The molecule has 17 heavy (non-hydrogen) atoms. The number of nitrogens with one attached hydrogen (secondary N) is 1. The van der Waals surface area contributed by atoms with Crippen molar-refractivity contribution in [3.63, 3.8) is 0 Å². The zero-order chi connectivity index (χ0) is 11.8. The SMILES string of the molecule is O=c1[nH]c2cc(F)ccc2n1C1CCCCS1. The first-order valence-electron chi connectivity index (χ1n) is 5.77. The van der Waals surface area contributed by atoms with Gasteiger partial charge in [0.1, 0.15) is 5.82 Å². The molecule has 90 valence electrons. The van der Waals surface area contributed by atoms with Crippen molar-refractivity contribution in [2.45, 2.75) is 24.6 Å². The number of rotatable bonds is 1. The molecular formula is C12H13FN2OS. The van der Waals surface area contributed by atoms with Gasteiger partial charge in [0.25, 0.3) is 0 Å². The van der Waals surface area contributed by atoms with Crippen molar-refractivity contribution >= 4 is 22.8 Å². The Morgan fingerprint density at radius 3 is 3.06 bits per heavy atom. The Hall–Kier alpha value is -1.23. The first-order chi connectivity index (χ1) is 8.25. The highest BCUT2D eigenvalue weighted by Crippen LogP contribution is 2.34. The summed E-state index contributed by atoms with van der Waals surface area (Å²) in [6.45, 7) is 0. The largest absolute Gasteiger partial charge is 0.327 e. The predicted molar refractivity (Wildman–Crippen MR) is 67.9 cm³/mol. The molecule has 1 aromatic heterocycles. The molecule has 1 unspecified atom stereocenters. The highest BCUT2D eigenvalue weighted by molar-refractivity contribution is 7.99. The Morgan fingerprint density at radius 1 is 1.41 bits per heavy atom. The van der Waals surface area contributed by atoms with Crippen molar-refractivity contribution in [1.29, 1.82) is 0 Å². The summed E-state index contributed by atoms with van der Waals surface area (Å²) in [5, 5.41) is 0.190. The first kappa shape index (κ1) is 10.9. The van der Waals surface area contributed by atoms with Crippen LogP contribution in [-0.4, -0.2) is 15.3 Å². The Labute approximate surface area is 102 Å². The van der Waals surface area contributed by atoms with E-state index in [0.717, 1.165) is 24.1 Å². The number of aromatic amines is 1. The van der Waals surface area contributed by atoms with Gasteiger partial charge in [-0.05, 0) is 43.2 Å². The lowest BCUT2D eigenvalue weighted by Crippen LogP contribution is -2.22. The second kappa shape index (κ2) is 4.22. The molecule has 2 heterocycles. The highest BCUT2D eigenvalue weighted by Gasteiger charge is 2.20. The molecule has 1 aliphatic rings. The molecule has 0 radical (unpaired) electrons. The number of benzene rings is 1. The van der Waals surface area contributed by atoms with Crippen molar-refractivity contribution in [2.24, 2.45) is 0 Å². The van der Waals surface area contributed by atoms with Gasteiger partial charge in [-0.15, -0.1) is 11.8 Å². The van der Waals surface area contributed by atoms with Crippen molar-refractivity contribution in [3.8, 4) is 0 Å². The third-order valence-corrected chi connectivity index (χ3v) is 4.48. The smallest absolute Gasteiger partial charge is 0.305 e. The molecule has 3 nitrogen and oxygen atoms in total. The van der Waals surface area contributed by atoms with Gasteiger partial charge in [-0.25, -0.2) is 9.18 Å². The number of hydrogen-bond acceptors (Lipinski definition) is 2. The van der Waals surface area contributed by atoms with Crippen molar-refractivity contribution < 1.29 is 4.39 Å². The summed E-state index contributed by atoms with van der Waals surface area (Å²) in [5.74, 6) is 0.771. The zero-order valence-electron chi connectivity index (χ0n) is 9.28. The number of fused-ring (bicyclic) bond motifs is 1. The normalized spacial score (nSPS) is 20.9. The van der Waals surface area contributed by atoms with Gasteiger partial charge < -0.3 is 4.98 Å². The Kier molecular flexibility index (Phi) is 2.70. The average Bonchev–Trinajstić information content (AvgIpc) is 2.65. The zero-order valence-corrected chi connectivity index (χ0v) is 10.1. The molecule has 2 aromatic rings. The standard InChI is InChI=1S/C12H13FN2OS/c13-8-4-5-10-9(7-8)14-12(16)15(10)11-3-1-2-6-17-11/h4-5,7,11H,1-3,6H2,(H,14,16). The fourth-order valence-corrected chi connectivity index (χ4v) is 3.65. The van der Waals surface area contributed by atoms with E-state index in [2.05, 4.69) is 4.98 Å². The van der Waals surface area contributed by atoms with Gasteiger partial charge in [-0.2, -0.15) is 0 Å². The van der Waals surface area contributed by atoms with Crippen LogP contribution < -0.4 is 5.69 Å². The van der Waals surface area contributed by atoms with E-state index >= 15 is 0 Å². The minimum absolute atomic E-state index is 0.134. The molecule has 0 amide bonds. The van der Waals surface area contributed by atoms with E-state index in [9.17, 15) is 9.18 Å². The molecule has 1 aliphatic heterocycles. The fraction of sp³-hybridized carbons (Fsp3) is 0.417. The van der Waals surface area contributed by atoms with E-state index in [1.54, 1.807) is 22.4 Å². The van der Waals surface area contributed by atoms with E-state index in [1.807, 2.05) is 0 Å². The Morgan fingerprint density at radius 2 is 2.29 bits per heavy atom. The van der Waals surface area contributed by atoms with Crippen LogP contribution in [0.3, 0.4) is 0 Å². The van der Waals surface area contributed by atoms with Crippen LogP contribution in [0.4, 0.5) is 4.39 Å². The topological polar surface area (TPSA) is 37.8 Å². The summed E-state index contributed by atoms with van der Waals surface area (Å²) in [6, 6.07) is 4.46. The van der Waals surface area contributed by atoms with Crippen molar-refractivity contribution in [1.82, 2.24) is 9.55 Å². The molecule has 1 aromatic carbocycles. The van der Waals surface area contributed by atoms with Crippen LogP contribution in [0.2, 0.25) is 0 Å². The summed E-state index contributed by atoms with van der Waals surface area (Å²) in [7, 11) is 0. The molecule has 1 fully saturated rings. The summed E-state index contributed by atoms with van der Waals surface area (Å²) >= 11 is 1.80. The maximum Gasteiger partial charge on any atom is 0.327 e. The van der Waals surface area contributed by atoms with E-state index in [-0.39, 0.29) is 16.9 Å². The van der Waals surface area contributed by atoms with E-state index in [1.165, 1.54) is 18.6 Å². The molecule has 0 bridgehead atoms. The fourth-order valence-electron chi connectivity index (χ4n) is 2.32. The molecule has 0 spiro atoms. The molecule has 3 rings (SSSR count). The monoisotopic (exact) mass is 252 g/mol. The molecule has 5 heteroatoms. The van der Waals surface area contributed by atoms with E-state index in [4.69, 9.17) is 0 Å². The Balaban J connectivity index is 2.14. The lowest BCUT2D eigenvalue weighted by Gasteiger charge is -2.22. The van der Waals surface area contributed by atoms with Gasteiger partial charge >= 0.3 is 5.69 Å². The van der Waals surface area contributed by atoms with Crippen LogP contribution in [-0.2, 0) is 0 Å². The first-order valence-corrected chi connectivity index (χ1v) is 6.82. The van der Waals surface area contributed by atoms with Crippen molar-refractivity contribution in [3.05, 3.63) is 34.5 Å². The summed E-state index contributed by atoms with van der Waals surface area (Å²) in [5.41, 5.74) is 1.25. The van der Waals surface area contributed by atoms with Gasteiger partial charge in [0.2, 0.25) is 0 Å². The molecule has 1 saturated heterocycles. The molecular weight excluding hydrogens is 239 g/mol. The predicted octanol–water partition coefficient (Wildman–Crippen LogP) is 2.88.